The van der Waals surface area contributed by atoms with Gasteiger partial charge < -0.3 is 14.8 Å². The minimum absolute atomic E-state index is 0.0502. The predicted octanol–water partition coefficient (Wildman–Crippen LogP) is 2.38. The number of nitriles is 1. The summed E-state index contributed by atoms with van der Waals surface area (Å²) in [6, 6.07) is 8.99. The van der Waals surface area contributed by atoms with E-state index in [0.29, 0.717) is 5.03 Å². The van der Waals surface area contributed by atoms with Crippen molar-refractivity contribution in [3.05, 3.63) is 34.9 Å². The molecule has 5 nitrogen and oxygen atoms in total. The molecule has 1 aromatic carbocycles. The Morgan fingerprint density at radius 2 is 1.95 bits per heavy atom. The van der Waals surface area contributed by atoms with Crippen molar-refractivity contribution in [2.24, 2.45) is 0 Å². The van der Waals surface area contributed by atoms with Gasteiger partial charge in [0.2, 0.25) is 0 Å². The summed E-state index contributed by atoms with van der Waals surface area (Å²) in [7, 11) is 2.83. The summed E-state index contributed by atoms with van der Waals surface area (Å²) in [5.41, 5.74) is 0.702. The summed E-state index contributed by atoms with van der Waals surface area (Å²) in [6.45, 7) is 0. The Morgan fingerprint density at radius 1 is 1.32 bits per heavy atom. The number of nitrogens with zero attached hydrogens (tertiary/aromatic N) is 1. The predicted molar refractivity (Wildman–Crippen MR) is 74.8 cm³/mol. The molecule has 6 heteroatoms. The lowest BCUT2D eigenvalue weighted by atomic mass is 10.3. The van der Waals surface area contributed by atoms with Crippen LogP contribution in [-0.2, 0) is 9.53 Å². The van der Waals surface area contributed by atoms with Crippen LogP contribution in [0, 0.1) is 11.3 Å². The molecule has 100 valence electrons. The van der Waals surface area contributed by atoms with Gasteiger partial charge in [-0.2, -0.15) is 5.26 Å². The van der Waals surface area contributed by atoms with Gasteiger partial charge in [0.15, 0.2) is 5.57 Å². The topological polar surface area (TPSA) is 71.4 Å². The summed E-state index contributed by atoms with van der Waals surface area (Å²) in [5.74, 6) is 0.0709. The van der Waals surface area contributed by atoms with Crippen LogP contribution in [0.4, 0.5) is 5.69 Å². The molecule has 0 fully saturated rings. The number of thioether (sulfide) groups is 1. The van der Waals surface area contributed by atoms with Crippen molar-refractivity contribution in [3.63, 3.8) is 0 Å². The van der Waals surface area contributed by atoms with E-state index in [1.807, 2.05) is 6.07 Å². The lowest BCUT2D eigenvalue weighted by molar-refractivity contribution is -0.135. The molecular weight excluding hydrogens is 264 g/mol. The minimum Gasteiger partial charge on any atom is -0.497 e. The fraction of sp³-hybridized carbons (Fsp3) is 0.231. The van der Waals surface area contributed by atoms with E-state index in [0.717, 1.165) is 11.4 Å². The lowest BCUT2D eigenvalue weighted by Crippen LogP contribution is -2.09. The first-order chi connectivity index (χ1) is 9.15. The van der Waals surface area contributed by atoms with E-state index in [1.165, 1.54) is 18.9 Å². The molecule has 0 bridgehead atoms. The number of methoxy groups -OCH3 is 2. The molecule has 0 unspecified atom stereocenters. The van der Waals surface area contributed by atoms with E-state index >= 15 is 0 Å². The number of anilines is 1. The van der Waals surface area contributed by atoms with Crippen LogP contribution < -0.4 is 10.1 Å². The third-order valence-corrected chi connectivity index (χ3v) is 2.99. The third kappa shape index (κ3) is 3.93. The Labute approximate surface area is 116 Å². The molecule has 19 heavy (non-hydrogen) atoms. The maximum Gasteiger partial charge on any atom is 0.351 e. The van der Waals surface area contributed by atoms with Crippen LogP contribution in [0.2, 0.25) is 0 Å². The molecule has 0 spiro atoms. The highest BCUT2D eigenvalue weighted by Crippen LogP contribution is 2.23. The van der Waals surface area contributed by atoms with E-state index in [1.54, 1.807) is 37.6 Å². The molecule has 1 N–H and O–H groups in total. The van der Waals surface area contributed by atoms with Crippen LogP contribution in [-0.4, -0.2) is 26.4 Å². The van der Waals surface area contributed by atoms with E-state index < -0.39 is 5.97 Å². The van der Waals surface area contributed by atoms with Gasteiger partial charge in [0.25, 0.3) is 0 Å². The zero-order chi connectivity index (χ0) is 14.3. The van der Waals surface area contributed by atoms with Gasteiger partial charge >= 0.3 is 5.97 Å². The number of benzene rings is 1. The third-order valence-electron chi connectivity index (χ3n) is 2.28. The average molecular weight is 278 g/mol. The molecule has 0 saturated carbocycles. The van der Waals surface area contributed by atoms with Crippen molar-refractivity contribution in [1.29, 1.82) is 5.26 Å². The van der Waals surface area contributed by atoms with Gasteiger partial charge in [-0.15, -0.1) is 11.8 Å². The zero-order valence-corrected chi connectivity index (χ0v) is 11.7. The molecule has 1 rings (SSSR count). The second kappa shape index (κ2) is 7.34. The standard InChI is InChI=1S/C13H14N2O3S/c1-17-10-6-4-9(5-7-10)15-12(19-3)11(8-14)13(16)18-2/h4-7,15H,1-3H3/b12-11+. The molecule has 0 aliphatic rings. The first kappa shape index (κ1) is 14.9. The number of carbonyl (C=O) groups excluding carboxylic acids is 1. The van der Waals surface area contributed by atoms with Gasteiger partial charge in [0, 0.05) is 5.69 Å². The minimum atomic E-state index is -0.659. The maximum absolute atomic E-state index is 11.5. The number of ether oxygens (including phenoxy) is 2. The van der Waals surface area contributed by atoms with Crippen LogP contribution in [0.3, 0.4) is 0 Å². The summed E-state index contributed by atoms with van der Waals surface area (Å²) < 4.78 is 9.62. The van der Waals surface area contributed by atoms with Crippen LogP contribution in [0.5, 0.6) is 5.75 Å². The molecule has 1 aromatic rings. The maximum atomic E-state index is 11.5. The monoisotopic (exact) mass is 278 g/mol. The second-order valence-corrected chi connectivity index (χ2v) is 4.18. The van der Waals surface area contributed by atoms with Crippen LogP contribution >= 0.6 is 11.8 Å². The number of carbonyl (C=O) groups is 1. The summed E-state index contributed by atoms with van der Waals surface area (Å²) in [6.07, 6.45) is 1.77. The SMILES string of the molecule is COC(=O)/C(C#N)=C(\Nc1ccc(OC)cc1)SC. The number of hydrogen-bond donors (Lipinski definition) is 1. The Hall–Kier alpha value is -2.13. The lowest BCUT2D eigenvalue weighted by Gasteiger charge is -2.10. The van der Waals surface area contributed by atoms with Crippen molar-refractivity contribution >= 4 is 23.4 Å². The number of hydrogen-bond acceptors (Lipinski definition) is 6. The Morgan fingerprint density at radius 3 is 2.37 bits per heavy atom. The van der Waals surface area contributed by atoms with Gasteiger partial charge in [-0.25, -0.2) is 4.79 Å². The van der Waals surface area contributed by atoms with Crippen molar-refractivity contribution in [1.82, 2.24) is 0 Å². The number of esters is 1. The fourth-order valence-electron chi connectivity index (χ4n) is 1.31. The Balaban J connectivity index is 3.00. The van der Waals surface area contributed by atoms with Crippen molar-refractivity contribution < 1.29 is 14.3 Å². The smallest absolute Gasteiger partial charge is 0.351 e. The average Bonchev–Trinajstić information content (AvgIpc) is 2.47. The highest BCUT2D eigenvalue weighted by Gasteiger charge is 2.15. The first-order valence-corrected chi connectivity index (χ1v) is 6.56. The Kier molecular flexibility index (Phi) is 5.76. The van der Waals surface area contributed by atoms with Crippen LogP contribution in [0.15, 0.2) is 34.9 Å². The molecule has 0 aromatic heterocycles. The Bertz CT molecular complexity index is 518. The van der Waals surface area contributed by atoms with Crippen molar-refractivity contribution in [3.8, 4) is 11.8 Å². The van der Waals surface area contributed by atoms with Crippen molar-refractivity contribution in [2.75, 3.05) is 25.8 Å². The molecule has 0 aliphatic heterocycles. The summed E-state index contributed by atoms with van der Waals surface area (Å²) in [4.78, 5) is 11.5. The zero-order valence-electron chi connectivity index (χ0n) is 10.9. The van der Waals surface area contributed by atoms with Crippen LogP contribution in [0.25, 0.3) is 0 Å². The fourth-order valence-corrected chi connectivity index (χ4v) is 1.87. The second-order valence-electron chi connectivity index (χ2n) is 3.37. The summed E-state index contributed by atoms with van der Waals surface area (Å²) in [5, 5.41) is 12.5. The normalized spacial score (nSPS) is 11.1. The van der Waals surface area contributed by atoms with Crippen molar-refractivity contribution in [2.45, 2.75) is 0 Å². The van der Waals surface area contributed by atoms with Gasteiger partial charge in [0.1, 0.15) is 11.8 Å². The molecule has 0 radical (unpaired) electrons. The van der Waals surface area contributed by atoms with E-state index in [2.05, 4.69) is 10.1 Å². The van der Waals surface area contributed by atoms with Crippen LogP contribution in [0.1, 0.15) is 0 Å². The van der Waals surface area contributed by atoms with Gasteiger partial charge in [0.05, 0.1) is 19.2 Å². The highest BCUT2D eigenvalue weighted by molar-refractivity contribution is 8.02. The summed E-state index contributed by atoms with van der Waals surface area (Å²) >= 11 is 1.27. The quantitative estimate of drug-likeness (QED) is 0.506. The molecular formula is C13H14N2O3S. The molecule has 0 atom stereocenters. The van der Waals surface area contributed by atoms with E-state index in [4.69, 9.17) is 10.00 Å². The van der Waals surface area contributed by atoms with Gasteiger partial charge in [-0.05, 0) is 30.5 Å². The molecule has 0 amide bonds. The van der Waals surface area contributed by atoms with Gasteiger partial charge in [-0.3, -0.25) is 0 Å². The number of rotatable bonds is 5. The largest absolute Gasteiger partial charge is 0.497 e. The first-order valence-electron chi connectivity index (χ1n) is 5.34. The molecule has 0 aliphatic carbocycles. The molecule has 0 heterocycles. The van der Waals surface area contributed by atoms with E-state index in [-0.39, 0.29) is 5.57 Å². The van der Waals surface area contributed by atoms with Gasteiger partial charge in [-0.1, -0.05) is 0 Å². The van der Waals surface area contributed by atoms with E-state index in [9.17, 15) is 4.79 Å². The molecule has 0 saturated heterocycles. The number of nitrogens with one attached hydrogen (secondary N) is 1. The highest BCUT2D eigenvalue weighted by atomic mass is 32.2.